The lowest BCUT2D eigenvalue weighted by Gasteiger charge is -2.18. The molecule has 1 atom stereocenters. The van der Waals surface area contributed by atoms with Crippen LogP contribution >= 0.6 is 11.6 Å². The molecule has 0 spiro atoms. The number of hydrogen-bond donors (Lipinski definition) is 0. The molecule has 1 fully saturated rings. The number of benzene rings is 1. The molecule has 1 aliphatic rings. The summed E-state index contributed by atoms with van der Waals surface area (Å²) >= 11 is 6.06. The number of hydrogen-bond acceptors (Lipinski definition) is 6. The van der Waals surface area contributed by atoms with E-state index < -0.39 is 10.0 Å². The van der Waals surface area contributed by atoms with E-state index >= 15 is 0 Å². The van der Waals surface area contributed by atoms with Crippen molar-refractivity contribution in [3.05, 3.63) is 41.2 Å². The topological polar surface area (TPSA) is 81.6 Å². The van der Waals surface area contributed by atoms with Crippen molar-refractivity contribution in [1.82, 2.24) is 14.3 Å². The first-order chi connectivity index (χ1) is 11.9. The van der Waals surface area contributed by atoms with Gasteiger partial charge in [-0.2, -0.15) is 9.29 Å². The molecule has 0 saturated carbocycles. The first kappa shape index (κ1) is 17.9. The van der Waals surface area contributed by atoms with Crippen LogP contribution in [-0.4, -0.2) is 49.0 Å². The molecule has 0 bridgehead atoms. The van der Waals surface area contributed by atoms with Crippen molar-refractivity contribution in [3.8, 4) is 11.8 Å². The Bertz CT molecular complexity index is 875. The van der Waals surface area contributed by atoms with Crippen LogP contribution in [0.25, 0.3) is 0 Å². The molecule has 0 aliphatic carbocycles. The summed E-state index contributed by atoms with van der Waals surface area (Å²) in [6.45, 7) is 2.31. The van der Waals surface area contributed by atoms with Crippen LogP contribution in [0.5, 0.6) is 11.8 Å². The molecule has 0 N–H and O–H groups in total. The van der Waals surface area contributed by atoms with Gasteiger partial charge in [0.25, 0.3) is 0 Å². The molecule has 1 aromatic heterocycles. The quantitative estimate of drug-likeness (QED) is 0.787. The third-order valence-electron chi connectivity index (χ3n) is 4.03. The van der Waals surface area contributed by atoms with Crippen LogP contribution in [0.15, 0.2) is 35.5 Å². The van der Waals surface area contributed by atoms with Gasteiger partial charge >= 0.3 is 0 Å². The molecule has 0 radical (unpaired) electrons. The Kier molecular flexibility index (Phi) is 5.12. The third-order valence-corrected chi connectivity index (χ3v) is 6.45. The van der Waals surface area contributed by atoms with E-state index in [-0.39, 0.29) is 17.5 Å². The van der Waals surface area contributed by atoms with E-state index in [1.54, 1.807) is 25.1 Å². The summed E-state index contributed by atoms with van der Waals surface area (Å²) in [4.78, 5) is 8.33. The minimum Gasteiger partial charge on any atom is -0.480 e. The standard InChI is InChI=1S/C16H18ClN3O4S/c1-11-13(17)4-3-5-14(11)25(21,22)20-7-6-12(10-20)24-16-9-18-8-15(19-16)23-2/h3-5,8-9,12H,6-7,10H2,1-2H3. The number of nitrogens with zero attached hydrogens (tertiary/aromatic N) is 3. The summed E-state index contributed by atoms with van der Waals surface area (Å²) in [7, 11) is -2.13. The molecule has 25 heavy (non-hydrogen) atoms. The summed E-state index contributed by atoms with van der Waals surface area (Å²) in [5.74, 6) is 0.650. The fourth-order valence-corrected chi connectivity index (χ4v) is 4.64. The number of ether oxygens (including phenoxy) is 2. The van der Waals surface area contributed by atoms with Crippen molar-refractivity contribution in [2.45, 2.75) is 24.3 Å². The van der Waals surface area contributed by atoms with Gasteiger partial charge in [-0.3, -0.25) is 4.98 Å². The largest absolute Gasteiger partial charge is 0.480 e. The Labute approximate surface area is 151 Å². The van der Waals surface area contributed by atoms with Gasteiger partial charge in [-0.15, -0.1) is 0 Å². The zero-order chi connectivity index (χ0) is 18.0. The van der Waals surface area contributed by atoms with Crippen molar-refractivity contribution >= 4 is 21.6 Å². The normalized spacial score (nSPS) is 18.3. The number of aromatic nitrogens is 2. The highest BCUT2D eigenvalue weighted by Gasteiger charge is 2.34. The van der Waals surface area contributed by atoms with Crippen LogP contribution < -0.4 is 9.47 Å². The van der Waals surface area contributed by atoms with Crippen LogP contribution in [0.3, 0.4) is 0 Å². The summed E-state index contributed by atoms with van der Waals surface area (Å²) in [6, 6.07) is 4.88. The molecule has 0 amide bonds. The summed E-state index contributed by atoms with van der Waals surface area (Å²) in [5.41, 5.74) is 0.548. The zero-order valence-corrected chi connectivity index (χ0v) is 15.4. The number of sulfonamides is 1. The highest BCUT2D eigenvalue weighted by molar-refractivity contribution is 7.89. The maximum Gasteiger partial charge on any atom is 0.243 e. The molecule has 1 aliphatic heterocycles. The van der Waals surface area contributed by atoms with E-state index in [0.29, 0.717) is 35.3 Å². The molecule has 2 heterocycles. The highest BCUT2D eigenvalue weighted by atomic mass is 35.5. The van der Waals surface area contributed by atoms with E-state index in [1.165, 1.54) is 23.8 Å². The Morgan fingerprint density at radius 3 is 2.80 bits per heavy atom. The van der Waals surface area contributed by atoms with Gasteiger partial charge < -0.3 is 9.47 Å². The molecular weight excluding hydrogens is 366 g/mol. The van der Waals surface area contributed by atoms with E-state index in [2.05, 4.69) is 9.97 Å². The smallest absolute Gasteiger partial charge is 0.243 e. The fraction of sp³-hybridized carbons (Fsp3) is 0.375. The molecule has 1 unspecified atom stereocenters. The van der Waals surface area contributed by atoms with E-state index in [1.807, 2.05) is 0 Å². The second kappa shape index (κ2) is 7.15. The highest BCUT2D eigenvalue weighted by Crippen LogP contribution is 2.28. The molecule has 1 saturated heterocycles. The van der Waals surface area contributed by atoms with Gasteiger partial charge in [0, 0.05) is 11.6 Å². The summed E-state index contributed by atoms with van der Waals surface area (Å²) in [6.07, 6.45) is 3.22. The number of methoxy groups -OCH3 is 1. The van der Waals surface area contributed by atoms with Gasteiger partial charge in [0.15, 0.2) is 0 Å². The lowest BCUT2D eigenvalue weighted by atomic mass is 10.2. The molecule has 7 nitrogen and oxygen atoms in total. The zero-order valence-electron chi connectivity index (χ0n) is 13.8. The van der Waals surface area contributed by atoms with Crippen LogP contribution in [0.2, 0.25) is 5.02 Å². The van der Waals surface area contributed by atoms with Gasteiger partial charge in [0.2, 0.25) is 21.8 Å². The molecular formula is C16H18ClN3O4S. The van der Waals surface area contributed by atoms with Gasteiger partial charge in [-0.05, 0) is 31.0 Å². The monoisotopic (exact) mass is 383 g/mol. The van der Waals surface area contributed by atoms with Crippen LogP contribution in [0.1, 0.15) is 12.0 Å². The predicted molar refractivity (Wildman–Crippen MR) is 92.6 cm³/mol. The van der Waals surface area contributed by atoms with Gasteiger partial charge in [0.05, 0.1) is 30.9 Å². The summed E-state index contributed by atoms with van der Waals surface area (Å²) in [5, 5.41) is 0.430. The van der Waals surface area contributed by atoms with Gasteiger partial charge in [-0.1, -0.05) is 17.7 Å². The van der Waals surface area contributed by atoms with Gasteiger partial charge in [0.1, 0.15) is 6.10 Å². The van der Waals surface area contributed by atoms with Crippen molar-refractivity contribution in [2.75, 3.05) is 20.2 Å². The second-order valence-electron chi connectivity index (χ2n) is 5.65. The average molecular weight is 384 g/mol. The molecule has 3 rings (SSSR count). The maximum absolute atomic E-state index is 12.9. The molecule has 9 heteroatoms. The van der Waals surface area contributed by atoms with E-state index in [0.717, 1.165) is 0 Å². The van der Waals surface area contributed by atoms with Crippen LogP contribution in [-0.2, 0) is 10.0 Å². The second-order valence-corrected chi connectivity index (χ2v) is 7.97. The van der Waals surface area contributed by atoms with Crippen molar-refractivity contribution in [3.63, 3.8) is 0 Å². The van der Waals surface area contributed by atoms with Crippen molar-refractivity contribution in [1.29, 1.82) is 0 Å². The predicted octanol–water partition coefficient (Wildman–Crippen LogP) is 2.29. The fourth-order valence-electron chi connectivity index (χ4n) is 2.68. The maximum atomic E-state index is 12.9. The minimum atomic E-state index is -3.62. The third kappa shape index (κ3) is 3.70. The van der Waals surface area contributed by atoms with E-state index in [4.69, 9.17) is 21.1 Å². The molecule has 134 valence electrons. The Balaban J connectivity index is 1.74. The Morgan fingerprint density at radius 1 is 1.28 bits per heavy atom. The minimum absolute atomic E-state index is 0.224. The van der Waals surface area contributed by atoms with Crippen molar-refractivity contribution < 1.29 is 17.9 Å². The van der Waals surface area contributed by atoms with Crippen LogP contribution in [0, 0.1) is 6.92 Å². The lowest BCUT2D eigenvalue weighted by molar-refractivity contribution is 0.203. The molecule has 1 aromatic carbocycles. The van der Waals surface area contributed by atoms with Crippen molar-refractivity contribution in [2.24, 2.45) is 0 Å². The first-order valence-electron chi connectivity index (χ1n) is 7.70. The average Bonchev–Trinajstić information content (AvgIpc) is 3.06. The SMILES string of the molecule is COc1cncc(OC2CCN(S(=O)(=O)c3cccc(Cl)c3C)C2)n1. The number of rotatable bonds is 5. The Hall–Kier alpha value is -1.90. The Morgan fingerprint density at radius 2 is 2.04 bits per heavy atom. The summed E-state index contributed by atoms with van der Waals surface area (Å²) < 4.78 is 37.9. The lowest BCUT2D eigenvalue weighted by Crippen LogP contribution is -2.31. The number of halogens is 1. The van der Waals surface area contributed by atoms with Gasteiger partial charge in [-0.25, -0.2) is 8.42 Å². The molecule has 2 aromatic rings. The van der Waals surface area contributed by atoms with Crippen LogP contribution in [0.4, 0.5) is 0 Å². The first-order valence-corrected chi connectivity index (χ1v) is 9.51. The van der Waals surface area contributed by atoms with E-state index in [9.17, 15) is 8.42 Å².